The number of aromatic nitrogens is 3. The number of fused-ring (bicyclic) bond motifs is 1. The van der Waals surface area contributed by atoms with Crippen LogP contribution in [0.25, 0.3) is 11.4 Å². The molecule has 5 rings (SSSR count). The first-order valence-corrected chi connectivity index (χ1v) is 13.7. The summed E-state index contributed by atoms with van der Waals surface area (Å²) >= 11 is 1.59. The van der Waals surface area contributed by atoms with Crippen LogP contribution in [0.3, 0.4) is 0 Å². The van der Waals surface area contributed by atoms with Crippen molar-refractivity contribution in [1.82, 2.24) is 19.2 Å². The molecule has 1 aliphatic heterocycles. The summed E-state index contributed by atoms with van der Waals surface area (Å²) in [6.07, 6.45) is 6.58. The molecule has 0 amide bonds. The summed E-state index contributed by atoms with van der Waals surface area (Å²) in [5.74, 6) is 1.93. The van der Waals surface area contributed by atoms with Crippen molar-refractivity contribution in [2.75, 3.05) is 19.8 Å². The maximum Gasteiger partial charge on any atom is 0.242 e. The largest absolute Gasteiger partial charge is 0.242 e. The van der Waals surface area contributed by atoms with Crippen LogP contribution in [-0.2, 0) is 10.0 Å². The molecule has 172 valence electrons. The van der Waals surface area contributed by atoms with Crippen LogP contribution in [0.15, 0.2) is 63.7 Å². The second-order valence-electron chi connectivity index (χ2n) is 8.73. The Hall–Kier alpha value is -2.49. The van der Waals surface area contributed by atoms with Crippen LogP contribution in [0.5, 0.6) is 0 Å². The summed E-state index contributed by atoms with van der Waals surface area (Å²) < 4.78 is 28.1. The molecule has 9 heteroatoms. The lowest BCUT2D eigenvalue weighted by atomic mass is 9.84. The first kappa shape index (κ1) is 22.3. The van der Waals surface area contributed by atoms with Crippen LogP contribution in [0.2, 0.25) is 0 Å². The second kappa shape index (κ2) is 9.04. The molecule has 0 radical (unpaired) electrons. The second-order valence-corrected chi connectivity index (χ2v) is 11.8. The zero-order valence-corrected chi connectivity index (χ0v) is 20.4. The summed E-state index contributed by atoms with van der Waals surface area (Å²) in [6.45, 7) is 0. The molecule has 7 nitrogen and oxygen atoms in total. The lowest BCUT2D eigenvalue weighted by Gasteiger charge is -2.22. The molecule has 2 aliphatic rings. The van der Waals surface area contributed by atoms with E-state index in [2.05, 4.69) is 34.5 Å². The molecule has 0 atom stereocenters. The molecular weight excluding hydrogens is 454 g/mol. The third-order valence-corrected chi connectivity index (χ3v) is 9.10. The lowest BCUT2D eigenvalue weighted by molar-refractivity contribution is 0.443. The van der Waals surface area contributed by atoms with Crippen molar-refractivity contribution in [3.05, 3.63) is 59.7 Å². The molecule has 0 N–H and O–H groups in total. The van der Waals surface area contributed by atoms with Gasteiger partial charge in [-0.3, -0.25) is 0 Å². The third kappa shape index (κ3) is 4.37. The number of sulfonamides is 1. The molecule has 0 unspecified atom stereocenters. The summed E-state index contributed by atoms with van der Waals surface area (Å²) in [5.41, 5.74) is 4.14. The average Bonchev–Trinajstić information content (AvgIpc) is 3.28. The van der Waals surface area contributed by atoms with Crippen molar-refractivity contribution < 1.29 is 8.42 Å². The molecule has 1 saturated carbocycles. The Morgan fingerprint density at radius 2 is 1.73 bits per heavy atom. The fourth-order valence-electron chi connectivity index (χ4n) is 4.44. The molecule has 3 aromatic rings. The van der Waals surface area contributed by atoms with Gasteiger partial charge in [-0.05, 0) is 42.0 Å². The van der Waals surface area contributed by atoms with E-state index < -0.39 is 10.0 Å². The smallest absolute Gasteiger partial charge is 0.207 e. The molecule has 1 aromatic heterocycles. The van der Waals surface area contributed by atoms with Gasteiger partial charge < -0.3 is 0 Å². The van der Waals surface area contributed by atoms with Gasteiger partial charge in [0.25, 0.3) is 0 Å². The van der Waals surface area contributed by atoms with Gasteiger partial charge >= 0.3 is 0 Å². The van der Waals surface area contributed by atoms with E-state index in [0.29, 0.717) is 22.5 Å². The Balaban J connectivity index is 1.46. The van der Waals surface area contributed by atoms with E-state index >= 15 is 0 Å². The van der Waals surface area contributed by atoms with Crippen LogP contribution in [-0.4, -0.2) is 53.2 Å². The van der Waals surface area contributed by atoms with Gasteiger partial charge in [0.05, 0.1) is 10.6 Å². The van der Waals surface area contributed by atoms with Gasteiger partial charge in [-0.1, -0.05) is 67.4 Å². The predicted molar refractivity (Wildman–Crippen MR) is 131 cm³/mol. The Morgan fingerprint density at radius 3 is 2.45 bits per heavy atom. The molecule has 0 bridgehead atoms. The minimum atomic E-state index is -3.54. The maximum atomic E-state index is 12.6. The van der Waals surface area contributed by atoms with E-state index in [1.165, 1.54) is 56.1 Å². The summed E-state index contributed by atoms with van der Waals surface area (Å²) in [7, 11) is -0.501. The number of benzene rings is 2. The topological polar surface area (TPSA) is 80.5 Å². The molecule has 0 saturated heterocycles. The highest BCUT2D eigenvalue weighted by Crippen LogP contribution is 2.33. The zero-order chi connectivity index (χ0) is 23.0. The van der Waals surface area contributed by atoms with Crippen LogP contribution in [0.1, 0.15) is 49.1 Å². The molecule has 0 spiro atoms. The lowest BCUT2D eigenvalue weighted by Crippen LogP contribution is -2.22. The van der Waals surface area contributed by atoms with Crippen molar-refractivity contribution in [2.24, 2.45) is 5.10 Å². The minimum absolute atomic E-state index is 0.216. The molecule has 2 heterocycles. The molecule has 33 heavy (non-hydrogen) atoms. The zero-order valence-electron chi connectivity index (χ0n) is 18.8. The van der Waals surface area contributed by atoms with Gasteiger partial charge in [0.2, 0.25) is 15.2 Å². The predicted octanol–water partition coefficient (Wildman–Crippen LogP) is 4.60. The monoisotopic (exact) mass is 481 g/mol. The third-order valence-electron chi connectivity index (χ3n) is 6.36. The Morgan fingerprint density at radius 1 is 0.970 bits per heavy atom. The molecular formula is C24H27N5O2S2. The van der Waals surface area contributed by atoms with Crippen LogP contribution in [0, 0.1) is 0 Å². The van der Waals surface area contributed by atoms with Gasteiger partial charge in [0.1, 0.15) is 0 Å². The fraction of sp³-hybridized carbons (Fsp3) is 0.375. The van der Waals surface area contributed by atoms with Crippen molar-refractivity contribution in [3.63, 3.8) is 0 Å². The summed E-state index contributed by atoms with van der Waals surface area (Å²) in [6, 6.07) is 15.6. The van der Waals surface area contributed by atoms with Crippen molar-refractivity contribution >= 4 is 27.5 Å². The first-order chi connectivity index (χ1) is 15.9. The Labute approximate surface area is 199 Å². The van der Waals surface area contributed by atoms with Crippen LogP contribution in [0.4, 0.5) is 0 Å². The SMILES string of the molecule is CN(C)S(=O)(=O)c1cccc(-c2nnc3n2N=C(c2ccc(C4CCCCC4)cc2)CS3)c1. The summed E-state index contributed by atoms with van der Waals surface area (Å²) in [4.78, 5) is 0.216. The number of hydrogen-bond acceptors (Lipinski definition) is 6. The van der Waals surface area contributed by atoms with E-state index in [1.54, 1.807) is 34.6 Å². The quantitative estimate of drug-likeness (QED) is 0.532. The van der Waals surface area contributed by atoms with Gasteiger partial charge in [-0.15, -0.1) is 10.2 Å². The van der Waals surface area contributed by atoms with Crippen molar-refractivity contribution in [2.45, 2.75) is 48.1 Å². The summed E-state index contributed by atoms with van der Waals surface area (Å²) in [5, 5.41) is 14.1. The highest BCUT2D eigenvalue weighted by Gasteiger charge is 2.23. The standard InChI is InChI=1S/C24H27N5O2S2/c1-28(2)33(30,31)21-10-6-9-20(15-21)23-25-26-24-29(23)27-22(16-32-24)19-13-11-18(12-14-19)17-7-4-3-5-8-17/h6,9-15,17H,3-5,7-8,16H2,1-2H3. The normalized spacial score (nSPS) is 17.1. The van der Waals surface area contributed by atoms with Gasteiger partial charge in [0.15, 0.2) is 5.82 Å². The Bertz CT molecular complexity index is 1290. The Kier molecular flexibility index (Phi) is 6.11. The van der Waals surface area contributed by atoms with Crippen LogP contribution >= 0.6 is 11.8 Å². The van der Waals surface area contributed by atoms with Crippen molar-refractivity contribution in [3.8, 4) is 11.4 Å². The van der Waals surface area contributed by atoms with E-state index in [4.69, 9.17) is 5.10 Å². The maximum absolute atomic E-state index is 12.6. The van der Waals surface area contributed by atoms with E-state index in [-0.39, 0.29) is 4.90 Å². The van der Waals surface area contributed by atoms with Gasteiger partial charge in [0, 0.05) is 25.4 Å². The number of hydrogen-bond donors (Lipinski definition) is 0. The highest BCUT2D eigenvalue weighted by atomic mass is 32.2. The number of rotatable bonds is 5. The molecule has 2 aromatic carbocycles. The average molecular weight is 482 g/mol. The van der Waals surface area contributed by atoms with E-state index in [1.807, 2.05) is 6.07 Å². The molecule has 1 fully saturated rings. The number of thioether (sulfide) groups is 1. The minimum Gasteiger partial charge on any atom is -0.207 e. The highest BCUT2D eigenvalue weighted by molar-refractivity contribution is 7.99. The van der Waals surface area contributed by atoms with Crippen molar-refractivity contribution in [1.29, 1.82) is 0 Å². The first-order valence-electron chi connectivity index (χ1n) is 11.2. The van der Waals surface area contributed by atoms with E-state index in [0.717, 1.165) is 17.0 Å². The number of nitrogens with zero attached hydrogens (tertiary/aromatic N) is 5. The van der Waals surface area contributed by atoms with Gasteiger partial charge in [-0.2, -0.15) is 9.78 Å². The molecule has 1 aliphatic carbocycles. The van der Waals surface area contributed by atoms with E-state index in [9.17, 15) is 8.42 Å². The van der Waals surface area contributed by atoms with Gasteiger partial charge in [-0.25, -0.2) is 12.7 Å². The van der Waals surface area contributed by atoms with Crippen LogP contribution < -0.4 is 0 Å². The fourth-order valence-corrected chi connectivity index (χ4v) is 6.23.